The molecule has 24 heavy (non-hydrogen) atoms. The van der Waals surface area contributed by atoms with E-state index in [9.17, 15) is 9.59 Å². The third-order valence-corrected chi connectivity index (χ3v) is 3.70. The number of hydrogen-bond donors (Lipinski definition) is 1. The second-order valence-electron chi connectivity index (χ2n) is 6.12. The number of rotatable bonds is 7. The molecule has 6 nitrogen and oxygen atoms in total. The molecule has 2 N–H and O–H groups in total. The van der Waals surface area contributed by atoms with Crippen LogP contribution in [0.4, 0.5) is 0 Å². The van der Waals surface area contributed by atoms with Gasteiger partial charge in [-0.05, 0) is 38.0 Å². The molecule has 130 valence electrons. The van der Waals surface area contributed by atoms with Crippen molar-refractivity contribution in [1.82, 2.24) is 4.57 Å². The molecule has 1 heterocycles. The van der Waals surface area contributed by atoms with Gasteiger partial charge in [-0.25, -0.2) is 4.79 Å². The van der Waals surface area contributed by atoms with Gasteiger partial charge in [0.1, 0.15) is 5.75 Å². The summed E-state index contributed by atoms with van der Waals surface area (Å²) in [6, 6.07) is 5.43. The van der Waals surface area contributed by atoms with Crippen LogP contribution >= 0.6 is 0 Å². The minimum Gasteiger partial charge on any atom is -0.484 e. The van der Waals surface area contributed by atoms with Crippen LogP contribution < -0.4 is 10.5 Å². The van der Waals surface area contributed by atoms with E-state index < -0.39 is 5.91 Å². The van der Waals surface area contributed by atoms with E-state index in [0.717, 1.165) is 23.1 Å². The zero-order chi connectivity index (χ0) is 17.9. The number of carbonyl (C=O) groups excluding carboxylic acids is 2. The summed E-state index contributed by atoms with van der Waals surface area (Å²) >= 11 is 0. The second-order valence-corrected chi connectivity index (χ2v) is 6.12. The third-order valence-electron chi connectivity index (χ3n) is 3.70. The molecule has 0 atom stereocenters. The highest BCUT2D eigenvalue weighted by Gasteiger charge is 2.22. The molecule has 2 aromatic rings. The molecule has 1 amide bonds. The van der Waals surface area contributed by atoms with Gasteiger partial charge in [0.05, 0.1) is 12.2 Å². The predicted octanol–water partition coefficient (Wildman–Crippen LogP) is 2.65. The van der Waals surface area contributed by atoms with Crippen molar-refractivity contribution in [2.75, 3.05) is 13.2 Å². The lowest BCUT2D eigenvalue weighted by molar-refractivity contribution is -0.119. The van der Waals surface area contributed by atoms with Crippen molar-refractivity contribution in [3.8, 4) is 5.75 Å². The highest BCUT2D eigenvalue weighted by Crippen LogP contribution is 2.30. The van der Waals surface area contributed by atoms with E-state index in [4.69, 9.17) is 15.2 Å². The molecule has 1 aromatic carbocycles. The molecular formula is C18H24N2O4. The van der Waals surface area contributed by atoms with Crippen LogP contribution in [0.1, 0.15) is 36.8 Å². The van der Waals surface area contributed by atoms with Crippen LogP contribution in [0.15, 0.2) is 18.2 Å². The van der Waals surface area contributed by atoms with Gasteiger partial charge in [-0.1, -0.05) is 13.8 Å². The standard InChI is InChI=1S/C18H24N2O4/c1-5-23-18(22)17-12(4)20(9-11(2)3)15-7-6-13(8-14(15)17)24-10-16(19)21/h6-8,11H,5,9-10H2,1-4H3,(H2,19,21). The van der Waals surface area contributed by atoms with Gasteiger partial charge in [-0.2, -0.15) is 0 Å². The average Bonchev–Trinajstić information content (AvgIpc) is 2.77. The summed E-state index contributed by atoms with van der Waals surface area (Å²) < 4.78 is 12.7. The zero-order valence-corrected chi connectivity index (χ0v) is 14.6. The number of esters is 1. The molecule has 1 aromatic heterocycles. The van der Waals surface area contributed by atoms with Gasteiger partial charge in [0.15, 0.2) is 6.61 Å². The van der Waals surface area contributed by atoms with Crippen molar-refractivity contribution in [3.05, 3.63) is 29.5 Å². The predicted molar refractivity (Wildman–Crippen MR) is 92.2 cm³/mol. The summed E-state index contributed by atoms with van der Waals surface area (Å²) in [7, 11) is 0. The Morgan fingerprint density at radius 2 is 2.00 bits per heavy atom. The van der Waals surface area contributed by atoms with Crippen LogP contribution in [0.3, 0.4) is 0 Å². The number of aromatic nitrogens is 1. The fraction of sp³-hybridized carbons (Fsp3) is 0.444. The lowest BCUT2D eigenvalue weighted by Gasteiger charge is -2.11. The Morgan fingerprint density at radius 3 is 2.58 bits per heavy atom. The Labute approximate surface area is 141 Å². The molecule has 0 spiro atoms. The Bertz CT molecular complexity index is 762. The van der Waals surface area contributed by atoms with Gasteiger partial charge in [0, 0.05) is 23.1 Å². The number of primary amides is 1. The maximum absolute atomic E-state index is 12.4. The Kier molecular flexibility index (Phi) is 5.49. The van der Waals surface area contributed by atoms with E-state index in [-0.39, 0.29) is 12.6 Å². The van der Waals surface area contributed by atoms with Crippen molar-refractivity contribution in [2.24, 2.45) is 11.7 Å². The summed E-state index contributed by atoms with van der Waals surface area (Å²) in [5.41, 5.74) is 7.46. The summed E-state index contributed by atoms with van der Waals surface area (Å²) in [5, 5.41) is 0.758. The van der Waals surface area contributed by atoms with Gasteiger partial charge in [-0.3, -0.25) is 4.79 Å². The normalized spacial score (nSPS) is 11.0. The highest BCUT2D eigenvalue weighted by atomic mass is 16.5. The minimum absolute atomic E-state index is 0.202. The van der Waals surface area contributed by atoms with E-state index >= 15 is 0 Å². The van der Waals surface area contributed by atoms with Gasteiger partial charge in [0.2, 0.25) is 0 Å². The fourth-order valence-corrected chi connectivity index (χ4v) is 2.77. The zero-order valence-electron chi connectivity index (χ0n) is 14.6. The van der Waals surface area contributed by atoms with Crippen molar-refractivity contribution < 1.29 is 19.1 Å². The second kappa shape index (κ2) is 7.38. The molecule has 0 unspecified atom stereocenters. The molecule has 0 fully saturated rings. The van der Waals surface area contributed by atoms with Gasteiger partial charge < -0.3 is 19.8 Å². The molecule has 0 aliphatic carbocycles. The summed E-state index contributed by atoms with van der Waals surface area (Å²) in [5.74, 6) is 0.0255. The number of nitrogens with zero attached hydrogens (tertiary/aromatic N) is 1. The maximum atomic E-state index is 12.4. The van der Waals surface area contributed by atoms with E-state index in [2.05, 4.69) is 18.4 Å². The number of amides is 1. The minimum atomic E-state index is -0.547. The van der Waals surface area contributed by atoms with Crippen LogP contribution in [0, 0.1) is 12.8 Å². The van der Waals surface area contributed by atoms with Crippen LogP contribution in [0.25, 0.3) is 10.9 Å². The average molecular weight is 332 g/mol. The largest absolute Gasteiger partial charge is 0.484 e. The molecule has 0 aliphatic rings. The van der Waals surface area contributed by atoms with Gasteiger partial charge in [-0.15, -0.1) is 0 Å². The first-order valence-corrected chi connectivity index (χ1v) is 8.06. The molecule has 6 heteroatoms. The van der Waals surface area contributed by atoms with Crippen molar-refractivity contribution >= 4 is 22.8 Å². The van der Waals surface area contributed by atoms with Crippen LogP contribution in [-0.2, 0) is 16.1 Å². The summed E-state index contributed by atoms with van der Waals surface area (Å²) in [6.45, 7) is 8.85. The quantitative estimate of drug-likeness (QED) is 0.790. The smallest absolute Gasteiger partial charge is 0.340 e. The molecule has 0 radical (unpaired) electrons. The molecule has 0 aliphatic heterocycles. The van der Waals surface area contributed by atoms with Crippen LogP contribution in [0.5, 0.6) is 5.75 Å². The topological polar surface area (TPSA) is 83.6 Å². The fourth-order valence-electron chi connectivity index (χ4n) is 2.77. The Morgan fingerprint density at radius 1 is 1.29 bits per heavy atom. The molecule has 0 bridgehead atoms. The Balaban J connectivity index is 2.57. The SMILES string of the molecule is CCOC(=O)c1c(C)n(CC(C)C)c2ccc(OCC(N)=O)cc12. The van der Waals surface area contributed by atoms with Crippen molar-refractivity contribution in [1.29, 1.82) is 0 Å². The monoisotopic (exact) mass is 332 g/mol. The number of fused-ring (bicyclic) bond motifs is 1. The van der Waals surface area contributed by atoms with E-state index in [1.807, 2.05) is 13.0 Å². The number of carbonyl (C=O) groups is 2. The number of benzene rings is 1. The van der Waals surface area contributed by atoms with Crippen LogP contribution in [-0.4, -0.2) is 29.7 Å². The number of nitrogens with two attached hydrogens (primary N) is 1. The third kappa shape index (κ3) is 3.69. The van der Waals surface area contributed by atoms with Crippen LogP contribution in [0.2, 0.25) is 0 Å². The number of hydrogen-bond acceptors (Lipinski definition) is 4. The van der Waals surface area contributed by atoms with E-state index in [1.165, 1.54) is 0 Å². The summed E-state index contributed by atoms with van der Waals surface area (Å²) in [6.07, 6.45) is 0. The first kappa shape index (κ1) is 17.8. The lowest BCUT2D eigenvalue weighted by Crippen LogP contribution is -2.20. The van der Waals surface area contributed by atoms with E-state index in [1.54, 1.807) is 19.1 Å². The van der Waals surface area contributed by atoms with E-state index in [0.29, 0.717) is 23.8 Å². The lowest BCUT2D eigenvalue weighted by atomic mass is 10.1. The maximum Gasteiger partial charge on any atom is 0.340 e. The Hall–Kier alpha value is -2.50. The summed E-state index contributed by atoms with van der Waals surface area (Å²) in [4.78, 5) is 23.3. The molecular weight excluding hydrogens is 308 g/mol. The molecule has 0 saturated heterocycles. The molecule has 0 saturated carbocycles. The first-order valence-electron chi connectivity index (χ1n) is 8.06. The first-order chi connectivity index (χ1) is 11.3. The van der Waals surface area contributed by atoms with Crippen molar-refractivity contribution in [2.45, 2.75) is 34.2 Å². The van der Waals surface area contributed by atoms with Gasteiger partial charge >= 0.3 is 5.97 Å². The number of ether oxygens (including phenoxy) is 2. The molecule has 2 rings (SSSR count). The van der Waals surface area contributed by atoms with Crippen molar-refractivity contribution in [3.63, 3.8) is 0 Å². The highest BCUT2D eigenvalue weighted by molar-refractivity contribution is 6.06. The van der Waals surface area contributed by atoms with Gasteiger partial charge in [0.25, 0.3) is 5.91 Å².